The van der Waals surface area contributed by atoms with Crippen LogP contribution in [0.1, 0.15) is 18.1 Å². The van der Waals surface area contributed by atoms with Gasteiger partial charge in [0.05, 0.1) is 6.04 Å². The molecule has 1 rings (SSSR count). The van der Waals surface area contributed by atoms with Gasteiger partial charge in [0.25, 0.3) is 0 Å². The Morgan fingerprint density at radius 2 is 2.24 bits per heavy atom. The van der Waals surface area contributed by atoms with Gasteiger partial charge >= 0.3 is 0 Å². The van der Waals surface area contributed by atoms with E-state index >= 15 is 0 Å². The highest BCUT2D eigenvalue weighted by Crippen LogP contribution is 2.13. The van der Waals surface area contributed by atoms with Crippen LogP contribution in [-0.4, -0.2) is 29.0 Å². The molecular formula is C12H18FN3O. The monoisotopic (exact) mass is 239 g/mol. The molecule has 17 heavy (non-hydrogen) atoms. The van der Waals surface area contributed by atoms with Gasteiger partial charge in [0.15, 0.2) is 5.84 Å². The van der Waals surface area contributed by atoms with Crippen LogP contribution in [0.15, 0.2) is 23.4 Å². The number of benzene rings is 1. The number of nitrogens with two attached hydrogens (primary N) is 1. The fourth-order valence-corrected chi connectivity index (χ4v) is 1.53. The molecule has 94 valence electrons. The minimum Gasteiger partial charge on any atom is -0.409 e. The molecule has 0 saturated carbocycles. The molecule has 0 aliphatic heterocycles. The third kappa shape index (κ3) is 3.42. The smallest absolute Gasteiger partial charge is 0.156 e. The minimum atomic E-state index is -0.254. The SMILES string of the molecule is Cc1ccc(F)cc1CN(C)C(C)/C(N)=N/O. The number of hydrogen-bond donors (Lipinski definition) is 2. The van der Waals surface area contributed by atoms with E-state index in [-0.39, 0.29) is 17.7 Å². The number of halogens is 1. The summed E-state index contributed by atoms with van der Waals surface area (Å²) in [6.45, 7) is 4.29. The minimum absolute atomic E-state index is 0.140. The first-order valence-corrected chi connectivity index (χ1v) is 5.38. The zero-order valence-corrected chi connectivity index (χ0v) is 10.3. The van der Waals surface area contributed by atoms with Crippen LogP contribution in [0, 0.1) is 12.7 Å². The molecule has 0 bridgehead atoms. The van der Waals surface area contributed by atoms with Crippen molar-refractivity contribution in [1.82, 2.24) is 4.90 Å². The Labute approximate surface area is 101 Å². The van der Waals surface area contributed by atoms with Gasteiger partial charge in [-0.15, -0.1) is 0 Å². The van der Waals surface area contributed by atoms with E-state index in [1.807, 2.05) is 25.8 Å². The molecule has 0 saturated heterocycles. The molecule has 0 radical (unpaired) electrons. The molecule has 1 atom stereocenters. The van der Waals surface area contributed by atoms with Crippen LogP contribution in [0.4, 0.5) is 4.39 Å². The Hall–Kier alpha value is -1.62. The van der Waals surface area contributed by atoms with E-state index in [1.54, 1.807) is 6.07 Å². The van der Waals surface area contributed by atoms with Crippen molar-refractivity contribution >= 4 is 5.84 Å². The second-order valence-electron chi connectivity index (χ2n) is 4.19. The second kappa shape index (κ2) is 5.63. The molecule has 0 amide bonds. The summed E-state index contributed by atoms with van der Waals surface area (Å²) < 4.78 is 13.1. The molecule has 0 heterocycles. The average Bonchev–Trinajstić information content (AvgIpc) is 2.31. The lowest BCUT2D eigenvalue weighted by Gasteiger charge is -2.24. The van der Waals surface area contributed by atoms with Gasteiger partial charge < -0.3 is 10.9 Å². The van der Waals surface area contributed by atoms with Crippen LogP contribution in [0.3, 0.4) is 0 Å². The van der Waals surface area contributed by atoms with E-state index in [0.29, 0.717) is 6.54 Å². The second-order valence-corrected chi connectivity index (χ2v) is 4.19. The summed E-state index contributed by atoms with van der Waals surface area (Å²) in [6, 6.07) is 4.48. The molecule has 4 nitrogen and oxygen atoms in total. The van der Waals surface area contributed by atoms with Crippen LogP contribution in [0.25, 0.3) is 0 Å². The first-order chi connectivity index (χ1) is 7.95. The number of rotatable bonds is 4. The first-order valence-electron chi connectivity index (χ1n) is 5.38. The molecule has 0 spiro atoms. The Balaban J connectivity index is 2.80. The molecule has 1 aromatic rings. The van der Waals surface area contributed by atoms with Crippen molar-refractivity contribution in [3.8, 4) is 0 Å². The van der Waals surface area contributed by atoms with Gasteiger partial charge in [0.2, 0.25) is 0 Å². The van der Waals surface area contributed by atoms with Crippen LogP contribution in [0.5, 0.6) is 0 Å². The number of aryl methyl sites for hydroxylation is 1. The topological polar surface area (TPSA) is 61.8 Å². The van der Waals surface area contributed by atoms with E-state index in [4.69, 9.17) is 10.9 Å². The van der Waals surface area contributed by atoms with E-state index < -0.39 is 0 Å². The summed E-state index contributed by atoms with van der Waals surface area (Å²) in [5, 5.41) is 11.6. The Bertz CT molecular complexity index is 420. The van der Waals surface area contributed by atoms with Crippen molar-refractivity contribution in [3.63, 3.8) is 0 Å². The molecule has 1 aromatic carbocycles. The lowest BCUT2D eigenvalue weighted by molar-refractivity contribution is 0.278. The summed E-state index contributed by atoms with van der Waals surface area (Å²) in [4.78, 5) is 1.89. The average molecular weight is 239 g/mol. The van der Waals surface area contributed by atoms with Gasteiger partial charge in [-0.1, -0.05) is 11.2 Å². The van der Waals surface area contributed by atoms with Crippen molar-refractivity contribution < 1.29 is 9.60 Å². The summed E-state index contributed by atoms with van der Waals surface area (Å²) >= 11 is 0. The Kier molecular flexibility index (Phi) is 4.45. The first kappa shape index (κ1) is 13.4. The summed E-state index contributed by atoms with van der Waals surface area (Å²) in [6.07, 6.45) is 0. The number of likely N-dealkylation sites (N-methyl/N-ethyl adjacent to an activating group) is 1. The molecule has 0 aromatic heterocycles. The van der Waals surface area contributed by atoms with Crippen molar-refractivity contribution in [1.29, 1.82) is 0 Å². The predicted octanol–water partition coefficient (Wildman–Crippen LogP) is 1.70. The van der Waals surface area contributed by atoms with Crippen LogP contribution in [-0.2, 0) is 6.54 Å². The van der Waals surface area contributed by atoms with Gasteiger partial charge in [0.1, 0.15) is 5.82 Å². The normalized spacial score (nSPS) is 14.1. The fraction of sp³-hybridized carbons (Fsp3) is 0.417. The van der Waals surface area contributed by atoms with E-state index in [9.17, 15) is 4.39 Å². The zero-order chi connectivity index (χ0) is 13.0. The Morgan fingerprint density at radius 3 is 2.82 bits per heavy atom. The Morgan fingerprint density at radius 1 is 1.59 bits per heavy atom. The highest BCUT2D eigenvalue weighted by atomic mass is 19.1. The lowest BCUT2D eigenvalue weighted by atomic mass is 10.1. The predicted molar refractivity (Wildman–Crippen MR) is 65.5 cm³/mol. The molecule has 0 fully saturated rings. The fourth-order valence-electron chi connectivity index (χ4n) is 1.53. The number of amidine groups is 1. The van der Waals surface area contributed by atoms with Gasteiger partial charge in [-0.3, -0.25) is 4.90 Å². The van der Waals surface area contributed by atoms with Crippen molar-refractivity contribution in [2.75, 3.05) is 7.05 Å². The molecule has 0 aliphatic carbocycles. The van der Waals surface area contributed by atoms with E-state index in [2.05, 4.69) is 5.16 Å². The van der Waals surface area contributed by atoms with Gasteiger partial charge in [-0.2, -0.15) is 0 Å². The maximum Gasteiger partial charge on any atom is 0.156 e. The molecular weight excluding hydrogens is 221 g/mol. The lowest BCUT2D eigenvalue weighted by Crippen LogP contribution is -2.40. The van der Waals surface area contributed by atoms with Crippen molar-refractivity contribution in [3.05, 3.63) is 35.1 Å². The summed E-state index contributed by atoms with van der Waals surface area (Å²) in [7, 11) is 1.84. The van der Waals surface area contributed by atoms with Crippen LogP contribution in [0.2, 0.25) is 0 Å². The zero-order valence-electron chi connectivity index (χ0n) is 10.3. The molecule has 5 heteroatoms. The highest BCUT2D eigenvalue weighted by molar-refractivity contribution is 5.84. The number of nitrogens with zero attached hydrogens (tertiary/aromatic N) is 2. The third-order valence-electron chi connectivity index (χ3n) is 2.94. The van der Waals surface area contributed by atoms with Crippen molar-refractivity contribution in [2.45, 2.75) is 26.4 Å². The van der Waals surface area contributed by atoms with Gasteiger partial charge in [0, 0.05) is 6.54 Å². The maximum absolute atomic E-state index is 13.1. The molecule has 1 unspecified atom stereocenters. The molecule has 0 aliphatic rings. The van der Waals surface area contributed by atoms with E-state index in [1.165, 1.54) is 12.1 Å². The summed E-state index contributed by atoms with van der Waals surface area (Å²) in [5.41, 5.74) is 7.44. The summed E-state index contributed by atoms with van der Waals surface area (Å²) in [5.74, 6) is -0.114. The maximum atomic E-state index is 13.1. The highest BCUT2D eigenvalue weighted by Gasteiger charge is 2.15. The molecule has 3 N–H and O–H groups in total. The third-order valence-corrected chi connectivity index (χ3v) is 2.94. The number of hydrogen-bond acceptors (Lipinski definition) is 3. The van der Waals surface area contributed by atoms with Crippen molar-refractivity contribution in [2.24, 2.45) is 10.9 Å². The van der Waals surface area contributed by atoms with Gasteiger partial charge in [-0.25, -0.2) is 4.39 Å². The quantitative estimate of drug-likeness (QED) is 0.364. The van der Waals surface area contributed by atoms with E-state index in [0.717, 1.165) is 11.1 Å². The van der Waals surface area contributed by atoms with Crippen LogP contribution < -0.4 is 5.73 Å². The largest absolute Gasteiger partial charge is 0.409 e. The number of oxime groups is 1. The standard InChI is InChI=1S/C12H18FN3O/c1-8-4-5-11(13)6-10(8)7-16(3)9(2)12(14)15-17/h4-6,9,17H,7H2,1-3H3,(H2,14,15). The van der Waals surface area contributed by atoms with Crippen LogP contribution >= 0.6 is 0 Å². The van der Waals surface area contributed by atoms with Gasteiger partial charge in [-0.05, 0) is 44.2 Å².